The van der Waals surface area contributed by atoms with E-state index in [9.17, 15) is 0 Å². The maximum absolute atomic E-state index is 2.34. The van der Waals surface area contributed by atoms with Gasteiger partial charge >= 0.3 is 0 Å². The molecule has 0 aliphatic heterocycles. The van der Waals surface area contributed by atoms with Gasteiger partial charge in [-0.3, -0.25) is 0 Å². The summed E-state index contributed by atoms with van der Waals surface area (Å²) in [6.07, 6.45) is 21.8. The van der Waals surface area contributed by atoms with Crippen LogP contribution in [-0.2, 0) is 0 Å². The van der Waals surface area contributed by atoms with Crippen molar-refractivity contribution >= 4 is 0 Å². The molecule has 0 aromatic heterocycles. The van der Waals surface area contributed by atoms with Gasteiger partial charge in [-0.2, -0.15) is 0 Å². The third-order valence-electron chi connectivity index (χ3n) is 5.05. The van der Waals surface area contributed by atoms with Crippen molar-refractivity contribution < 1.29 is 0 Å². The molecular weight excluding hydrogens is 252 g/mol. The highest BCUT2D eigenvalue weighted by atomic mass is 14.1. The van der Waals surface area contributed by atoms with Crippen molar-refractivity contribution in [3.05, 3.63) is 0 Å². The first-order valence-electron chi connectivity index (χ1n) is 10.3. The molecule has 0 aliphatic rings. The van der Waals surface area contributed by atoms with E-state index < -0.39 is 0 Å². The standard InChI is InChI=1S/C21H44/c1-5-9-16-21(17-10-6-2)19-13-11-12-18-20(14-7-3)15-8-4/h20-21H,5-19H2,1-4H3. The summed E-state index contributed by atoms with van der Waals surface area (Å²) in [5.41, 5.74) is 0. The van der Waals surface area contributed by atoms with Crippen LogP contribution in [0, 0.1) is 11.8 Å². The second-order valence-corrected chi connectivity index (χ2v) is 7.23. The lowest BCUT2D eigenvalue weighted by Crippen LogP contribution is -2.02. The van der Waals surface area contributed by atoms with E-state index in [1.165, 1.54) is 96.3 Å². The van der Waals surface area contributed by atoms with Crippen LogP contribution in [0.1, 0.15) is 124 Å². The molecule has 0 radical (unpaired) electrons. The molecular formula is C21H44. The summed E-state index contributed by atoms with van der Waals surface area (Å²) in [7, 11) is 0. The lowest BCUT2D eigenvalue weighted by Gasteiger charge is -2.17. The Morgan fingerprint density at radius 3 is 1.14 bits per heavy atom. The minimum atomic E-state index is 1.02. The van der Waals surface area contributed by atoms with Gasteiger partial charge in [0.05, 0.1) is 0 Å². The molecule has 0 amide bonds. The van der Waals surface area contributed by atoms with Gasteiger partial charge < -0.3 is 0 Å². The van der Waals surface area contributed by atoms with Gasteiger partial charge in [-0.25, -0.2) is 0 Å². The molecule has 0 bridgehead atoms. The monoisotopic (exact) mass is 296 g/mol. The zero-order chi connectivity index (χ0) is 15.8. The molecule has 128 valence electrons. The molecule has 21 heavy (non-hydrogen) atoms. The molecule has 0 N–H and O–H groups in total. The van der Waals surface area contributed by atoms with Gasteiger partial charge in [-0.05, 0) is 11.8 Å². The Morgan fingerprint density at radius 2 is 0.762 bits per heavy atom. The normalized spacial score (nSPS) is 11.7. The highest BCUT2D eigenvalue weighted by Crippen LogP contribution is 2.25. The van der Waals surface area contributed by atoms with Gasteiger partial charge in [0.1, 0.15) is 0 Å². The largest absolute Gasteiger partial charge is 0.0654 e. The van der Waals surface area contributed by atoms with Crippen molar-refractivity contribution in [3.8, 4) is 0 Å². The van der Waals surface area contributed by atoms with Crippen molar-refractivity contribution in [2.75, 3.05) is 0 Å². The quantitative estimate of drug-likeness (QED) is 0.252. The summed E-state index contributed by atoms with van der Waals surface area (Å²) in [5.74, 6) is 2.06. The maximum Gasteiger partial charge on any atom is -0.0414 e. The first-order chi connectivity index (χ1) is 10.3. The molecule has 0 aromatic rings. The van der Waals surface area contributed by atoms with Crippen LogP contribution in [0.2, 0.25) is 0 Å². The van der Waals surface area contributed by atoms with Crippen molar-refractivity contribution in [2.24, 2.45) is 11.8 Å². The third kappa shape index (κ3) is 13.4. The van der Waals surface area contributed by atoms with E-state index in [0.717, 1.165) is 11.8 Å². The van der Waals surface area contributed by atoms with E-state index in [2.05, 4.69) is 27.7 Å². The predicted octanol–water partition coefficient (Wildman–Crippen LogP) is 8.15. The molecule has 0 saturated carbocycles. The predicted molar refractivity (Wildman–Crippen MR) is 98.9 cm³/mol. The number of hydrogen-bond acceptors (Lipinski definition) is 0. The molecule has 0 saturated heterocycles. The van der Waals surface area contributed by atoms with Crippen LogP contribution >= 0.6 is 0 Å². The molecule has 0 atom stereocenters. The molecule has 0 spiro atoms. The second kappa shape index (κ2) is 16.4. The van der Waals surface area contributed by atoms with Crippen LogP contribution in [0.15, 0.2) is 0 Å². The van der Waals surface area contributed by atoms with Gasteiger partial charge in [-0.1, -0.05) is 124 Å². The van der Waals surface area contributed by atoms with Crippen molar-refractivity contribution in [1.82, 2.24) is 0 Å². The molecule has 0 heterocycles. The fourth-order valence-corrected chi connectivity index (χ4v) is 3.71. The summed E-state index contributed by atoms with van der Waals surface area (Å²) in [4.78, 5) is 0. The Labute approximate surface area is 136 Å². The fourth-order valence-electron chi connectivity index (χ4n) is 3.71. The average Bonchev–Trinajstić information content (AvgIpc) is 2.49. The molecule has 0 nitrogen and oxygen atoms in total. The van der Waals surface area contributed by atoms with Crippen molar-refractivity contribution in [3.63, 3.8) is 0 Å². The Morgan fingerprint density at radius 1 is 0.381 bits per heavy atom. The highest BCUT2D eigenvalue weighted by Gasteiger charge is 2.09. The average molecular weight is 297 g/mol. The fraction of sp³-hybridized carbons (Fsp3) is 1.00. The minimum absolute atomic E-state index is 1.02. The molecule has 0 unspecified atom stereocenters. The van der Waals surface area contributed by atoms with Gasteiger partial charge in [0.2, 0.25) is 0 Å². The van der Waals surface area contributed by atoms with Gasteiger partial charge in [0.25, 0.3) is 0 Å². The van der Waals surface area contributed by atoms with Gasteiger partial charge in [0.15, 0.2) is 0 Å². The minimum Gasteiger partial charge on any atom is -0.0654 e. The van der Waals surface area contributed by atoms with E-state index in [0.29, 0.717) is 0 Å². The lowest BCUT2D eigenvalue weighted by atomic mass is 9.89. The molecule has 0 aromatic carbocycles. The summed E-state index contributed by atoms with van der Waals surface area (Å²) < 4.78 is 0. The Hall–Kier alpha value is 0. The van der Waals surface area contributed by atoms with Crippen LogP contribution in [0.3, 0.4) is 0 Å². The molecule has 0 fully saturated rings. The zero-order valence-electron chi connectivity index (χ0n) is 15.8. The van der Waals surface area contributed by atoms with E-state index in [1.807, 2.05) is 0 Å². The van der Waals surface area contributed by atoms with Crippen LogP contribution in [0.25, 0.3) is 0 Å². The SMILES string of the molecule is CCCCC(CCCC)CCCCCC(CCC)CCC. The summed E-state index contributed by atoms with van der Waals surface area (Å²) >= 11 is 0. The summed E-state index contributed by atoms with van der Waals surface area (Å²) in [6.45, 7) is 9.35. The van der Waals surface area contributed by atoms with Crippen LogP contribution in [-0.4, -0.2) is 0 Å². The molecule has 0 rings (SSSR count). The molecule has 0 aliphatic carbocycles. The third-order valence-corrected chi connectivity index (χ3v) is 5.05. The maximum atomic E-state index is 2.34. The van der Waals surface area contributed by atoms with E-state index in [4.69, 9.17) is 0 Å². The van der Waals surface area contributed by atoms with Gasteiger partial charge in [0, 0.05) is 0 Å². The topological polar surface area (TPSA) is 0 Å². The van der Waals surface area contributed by atoms with Crippen LogP contribution in [0.5, 0.6) is 0 Å². The van der Waals surface area contributed by atoms with E-state index in [-0.39, 0.29) is 0 Å². The van der Waals surface area contributed by atoms with Crippen molar-refractivity contribution in [2.45, 2.75) is 124 Å². The number of unbranched alkanes of at least 4 members (excludes halogenated alkanes) is 4. The van der Waals surface area contributed by atoms with E-state index in [1.54, 1.807) is 0 Å². The number of rotatable bonds is 16. The zero-order valence-corrected chi connectivity index (χ0v) is 15.8. The lowest BCUT2D eigenvalue weighted by molar-refractivity contribution is 0.360. The molecule has 0 heteroatoms. The van der Waals surface area contributed by atoms with E-state index >= 15 is 0 Å². The second-order valence-electron chi connectivity index (χ2n) is 7.23. The number of hydrogen-bond donors (Lipinski definition) is 0. The van der Waals surface area contributed by atoms with Crippen LogP contribution in [0.4, 0.5) is 0 Å². The van der Waals surface area contributed by atoms with Gasteiger partial charge in [-0.15, -0.1) is 0 Å². The van der Waals surface area contributed by atoms with Crippen LogP contribution < -0.4 is 0 Å². The summed E-state index contributed by atoms with van der Waals surface area (Å²) in [6, 6.07) is 0. The Balaban J connectivity index is 3.71. The Bertz CT molecular complexity index is 170. The highest BCUT2D eigenvalue weighted by molar-refractivity contribution is 4.62. The first-order valence-corrected chi connectivity index (χ1v) is 10.3. The smallest absolute Gasteiger partial charge is 0.0414 e. The summed E-state index contributed by atoms with van der Waals surface area (Å²) in [5, 5.41) is 0. The Kier molecular flexibility index (Phi) is 16.4. The first kappa shape index (κ1) is 21.0. The van der Waals surface area contributed by atoms with Crippen molar-refractivity contribution in [1.29, 1.82) is 0 Å².